The standard InChI is InChI=1S/C29H29F3N3O5S.ClH/c1-3-4-13-35-23-16-34(18-40-27(38)20-8-6-5-7-9-20)14-12-25(23)41-28(35)33-26(37)22-15-21(29(30,31)32)10-11-24(22)39-17-19(2)36;/h5-12,14-16,19,36H,3-4,13,17-18H2,1-2H3;1H/q+1;/p-1/b33-28-;/t19-;/m0./s1. The molecule has 1 atom stereocenters. The van der Waals surface area contributed by atoms with Gasteiger partial charge in [-0.2, -0.15) is 22.7 Å². The zero-order chi connectivity index (χ0) is 29.6. The molecule has 1 N–H and O–H groups in total. The SMILES string of the molecule is CCCCn1/c(=N/C(=O)c2cc(C(F)(F)F)ccc2OC[C@H](C)O)sc2cc[n+](COC(=O)c3ccccc3)cc21.[Cl-]. The lowest BCUT2D eigenvalue weighted by Crippen LogP contribution is -3.00. The fourth-order valence-electron chi connectivity index (χ4n) is 3.90. The van der Waals surface area contributed by atoms with Crippen LogP contribution in [-0.2, 0) is 24.2 Å². The van der Waals surface area contributed by atoms with Gasteiger partial charge in [0.2, 0.25) is 0 Å². The number of rotatable bonds is 10. The summed E-state index contributed by atoms with van der Waals surface area (Å²) in [7, 11) is 0. The topological polar surface area (TPSA) is 94.0 Å². The number of thiazole rings is 1. The zero-order valence-corrected chi connectivity index (χ0v) is 24.4. The van der Waals surface area contributed by atoms with E-state index in [1.165, 1.54) is 18.3 Å². The van der Waals surface area contributed by atoms with Gasteiger partial charge in [-0.3, -0.25) is 4.79 Å². The number of nitrogens with zero attached hydrogens (tertiary/aromatic N) is 3. The third-order valence-corrected chi connectivity index (χ3v) is 7.04. The highest BCUT2D eigenvalue weighted by Gasteiger charge is 2.32. The van der Waals surface area contributed by atoms with Gasteiger partial charge in [0, 0.05) is 12.6 Å². The minimum atomic E-state index is -4.67. The van der Waals surface area contributed by atoms with E-state index in [2.05, 4.69) is 4.99 Å². The molecule has 0 bridgehead atoms. The molecule has 0 fully saturated rings. The van der Waals surface area contributed by atoms with Gasteiger partial charge in [0.05, 0.1) is 27.5 Å². The summed E-state index contributed by atoms with van der Waals surface area (Å²) in [6.45, 7) is 3.71. The van der Waals surface area contributed by atoms with Gasteiger partial charge >= 0.3 is 12.1 Å². The van der Waals surface area contributed by atoms with Gasteiger partial charge in [-0.05, 0) is 43.7 Å². The molecule has 8 nitrogen and oxygen atoms in total. The average molecular weight is 624 g/mol. The maximum atomic E-state index is 13.4. The molecule has 2 heterocycles. The fraction of sp³-hybridized carbons (Fsp3) is 0.310. The van der Waals surface area contributed by atoms with Crippen molar-refractivity contribution < 1.29 is 54.3 Å². The number of fused-ring (bicyclic) bond motifs is 1. The maximum Gasteiger partial charge on any atom is 0.416 e. The van der Waals surface area contributed by atoms with E-state index in [9.17, 15) is 27.9 Å². The normalized spacial score (nSPS) is 12.6. The number of carbonyl (C=O) groups excluding carboxylic acids is 2. The Bertz CT molecular complexity index is 1600. The number of aliphatic hydroxyl groups is 1. The van der Waals surface area contributed by atoms with Crippen LogP contribution < -0.4 is 26.5 Å². The van der Waals surface area contributed by atoms with Crippen molar-refractivity contribution in [2.45, 2.75) is 52.2 Å². The maximum absolute atomic E-state index is 13.4. The third kappa shape index (κ3) is 8.17. The number of benzene rings is 2. The number of carbonyl (C=O) groups is 2. The monoisotopic (exact) mass is 623 g/mol. The average Bonchev–Trinajstić information content (AvgIpc) is 3.29. The van der Waals surface area contributed by atoms with Crippen LogP contribution in [0.2, 0.25) is 0 Å². The molecule has 42 heavy (non-hydrogen) atoms. The number of amides is 1. The number of esters is 1. The largest absolute Gasteiger partial charge is 1.00 e. The van der Waals surface area contributed by atoms with Crippen molar-refractivity contribution in [3.05, 3.63) is 88.5 Å². The van der Waals surface area contributed by atoms with Gasteiger partial charge < -0.3 is 31.6 Å². The number of unbranched alkanes of at least 4 members (excludes halogenated alkanes) is 1. The molecule has 1 amide bonds. The van der Waals surface area contributed by atoms with Crippen LogP contribution >= 0.6 is 11.3 Å². The summed E-state index contributed by atoms with van der Waals surface area (Å²) < 4.78 is 55.4. The van der Waals surface area contributed by atoms with Crippen molar-refractivity contribution >= 4 is 33.4 Å². The Hall–Kier alpha value is -3.74. The third-order valence-electron chi connectivity index (χ3n) is 5.98. The lowest BCUT2D eigenvalue weighted by molar-refractivity contribution is -0.726. The van der Waals surface area contributed by atoms with Crippen LogP contribution in [0.5, 0.6) is 5.75 Å². The number of hydrogen-bond acceptors (Lipinski definition) is 6. The van der Waals surface area contributed by atoms with Crippen molar-refractivity contribution in [3.63, 3.8) is 0 Å². The zero-order valence-electron chi connectivity index (χ0n) is 22.8. The lowest BCUT2D eigenvalue weighted by Gasteiger charge is -2.13. The molecule has 0 radical (unpaired) electrons. The van der Waals surface area contributed by atoms with Crippen molar-refractivity contribution in [2.24, 2.45) is 4.99 Å². The highest BCUT2D eigenvalue weighted by atomic mass is 35.5. The minimum Gasteiger partial charge on any atom is -1.00 e. The van der Waals surface area contributed by atoms with Crippen LogP contribution in [0.1, 0.15) is 53.0 Å². The Morgan fingerprint density at radius 1 is 1.14 bits per heavy atom. The molecule has 0 saturated heterocycles. The summed E-state index contributed by atoms with van der Waals surface area (Å²) in [6, 6.07) is 13.0. The van der Waals surface area contributed by atoms with Crippen molar-refractivity contribution in [2.75, 3.05) is 6.61 Å². The minimum absolute atomic E-state index is 0. The van der Waals surface area contributed by atoms with E-state index in [0.717, 1.165) is 35.2 Å². The predicted octanol–water partition coefficient (Wildman–Crippen LogP) is 2.13. The summed E-state index contributed by atoms with van der Waals surface area (Å²) in [5.41, 5.74) is -0.221. The number of pyridine rings is 1. The second-order valence-corrected chi connectivity index (χ2v) is 10.3. The van der Waals surface area contributed by atoms with Gasteiger partial charge in [0.1, 0.15) is 17.9 Å². The molecule has 224 valence electrons. The number of aliphatic hydroxyl groups excluding tert-OH is 1. The smallest absolute Gasteiger partial charge is 0.416 e. The van der Waals surface area contributed by atoms with Crippen molar-refractivity contribution in [1.82, 2.24) is 4.57 Å². The Labute approximate surface area is 250 Å². The molecular formula is C29H29ClF3N3O5S. The van der Waals surface area contributed by atoms with Crippen LogP contribution in [0.15, 0.2) is 72.0 Å². The van der Waals surface area contributed by atoms with Crippen LogP contribution in [0, 0.1) is 0 Å². The lowest BCUT2D eigenvalue weighted by atomic mass is 10.1. The first-order valence-electron chi connectivity index (χ1n) is 12.9. The second kappa shape index (κ2) is 14.4. The fourth-order valence-corrected chi connectivity index (χ4v) is 4.92. The first-order valence-corrected chi connectivity index (χ1v) is 13.7. The molecule has 13 heteroatoms. The molecule has 0 unspecified atom stereocenters. The van der Waals surface area contributed by atoms with Crippen LogP contribution in [-0.4, -0.2) is 34.3 Å². The summed E-state index contributed by atoms with van der Waals surface area (Å²) in [6.07, 6.45) is -0.461. The molecule has 2 aromatic carbocycles. The molecule has 4 rings (SSSR count). The van der Waals surface area contributed by atoms with Gasteiger partial charge in [-0.1, -0.05) is 42.9 Å². The highest BCUT2D eigenvalue weighted by molar-refractivity contribution is 7.16. The molecule has 0 saturated carbocycles. The van der Waals surface area contributed by atoms with Crippen LogP contribution in [0.3, 0.4) is 0 Å². The molecule has 0 spiro atoms. The number of halogens is 4. The highest BCUT2D eigenvalue weighted by Crippen LogP contribution is 2.33. The molecular weight excluding hydrogens is 595 g/mol. The summed E-state index contributed by atoms with van der Waals surface area (Å²) in [4.78, 5) is 30.2. The molecule has 2 aromatic heterocycles. The number of hydrogen-bond donors (Lipinski definition) is 1. The summed E-state index contributed by atoms with van der Waals surface area (Å²) in [5, 5.41) is 9.57. The van der Waals surface area contributed by atoms with Gasteiger partial charge in [-0.25, -0.2) is 4.79 Å². The number of aryl methyl sites for hydroxylation is 1. The van der Waals surface area contributed by atoms with E-state index < -0.39 is 29.7 Å². The van der Waals surface area contributed by atoms with Gasteiger partial charge in [0.15, 0.2) is 17.2 Å². The Kier molecular flexibility index (Phi) is 11.3. The predicted molar refractivity (Wildman–Crippen MR) is 145 cm³/mol. The van der Waals surface area contributed by atoms with Crippen LogP contribution in [0.4, 0.5) is 13.2 Å². The Balaban J connectivity index is 0.00000484. The first-order chi connectivity index (χ1) is 19.6. The number of aromatic nitrogens is 2. The van der Waals surface area contributed by atoms with Crippen LogP contribution in [0.25, 0.3) is 10.2 Å². The van der Waals surface area contributed by atoms with Gasteiger partial charge in [0.25, 0.3) is 12.6 Å². The van der Waals surface area contributed by atoms with E-state index in [1.807, 2.05) is 11.5 Å². The summed E-state index contributed by atoms with van der Waals surface area (Å²) in [5.74, 6) is -1.48. The second-order valence-electron chi connectivity index (χ2n) is 9.31. The molecule has 0 aliphatic rings. The van der Waals surface area contributed by atoms with E-state index in [-0.39, 0.29) is 37.1 Å². The summed E-state index contributed by atoms with van der Waals surface area (Å²) >= 11 is 1.21. The Morgan fingerprint density at radius 3 is 2.55 bits per heavy atom. The van der Waals surface area contributed by atoms with Gasteiger partial charge in [-0.15, -0.1) is 0 Å². The van der Waals surface area contributed by atoms with E-state index in [1.54, 1.807) is 53.4 Å². The number of ether oxygens (including phenoxy) is 2. The molecule has 4 aromatic rings. The van der Waals surface area contributed by atoms with Crippen molar-refractivity contribution in [1.29, 1.82) is 0 Å². The van der Waals surface area contributed by atoms with Crippen molar-refractivity contribution in [3.8, 4) is 5.75 Å². The number of alkyl halides is 3. The first kappa shape index (κ1) is 32.8. The molecule has 0 aliphatic heterocycles. The van der Waals surface area contributed by atoms with E-state index in [0.29, 0.717) is 23.0 Å². The molecule has 0 aliphatic carbocycles. The Morgan fingerprint density at radius 2 is 1.88 bits per heavy atom. The van der Waals surface area contributed by atoms with E-state index in [4.69, 9.17) is 9.47 Å². The quantitative estimate of drug-likeness (QED) is 0.216. The van der Waals surface area contributed by atoms with E-state index >= 15 is 0 Å².